The fourth-order valence-corrected chi connectivity index (χ4v) is 2.55. The van der Waals surface area contributed by atoms with Crippen molar-refractivity contribution in [2.75, 3.05) is 25.1 Å². The molecule has 0 saturated heterocycles. The van der Waals surface area contributed by atoms with Crippen LogP contribution in [0.1, 0.15) is 32.6 Å². The third-order valence-corrected chi connectivity index (χ3v) is 3.40. The highest BCUT2D eigenvalue weighted by Gasteiger charge is 2.16. The Morgan fingerprint density at radius 2 is 2.12 bits per heavy atom. The van der Waals surface area contributed by atoms with E-state index in [-0.39, 0.29) is 6.04 Å². The first-order chi connectivity index (χ1) is 7.65. The summed E-state index contributed by atoms with van der Waals surface area (Å²) in [7, 11) is 4.09. The molecule has 0 aromatic carbocycles. The number of nitrogens with one attached hydrogen (secondary N) is 1. The molecule has 0 heterocycles. The minimum absolute atomic E-state index is 0.119. The number of rotatable bonds is 9. The standard InChI is InChI=1S/C12H27IN3/c1-4-5-6-12(7-8-13)16(3)10-11(14)9-15-2/h10-12,15H,4-9,14H2,1-3H3/q+1/t11-,12?/m0/s1. The molecule has 1 unspecified atom stereocenters. The van der Waals surface area contributed by atoms with Gasteiger partial charge in [0.1, 0.15) is 7.05 Å². The van der Waals surface area contributed by atoms with Crippen molar-refractivity contribution >= 4 is 28.8 Å². The summed E-state index contributed by atoms with van der Waals surface area (Å²) in [6.45, 7) is 3.09. The molecule has 16 heavy (non-hydrogen) atoms. The first-order valence-corrected chi connectivity index (χ1v) is 7.71. The number of alkyl halides is 1. The molecular weight excluding hydrogens is 313 g/mol. The molecule has 3 N–H and O–H groups in total. The van der Waals surface area contributed by atoms with Gasteiger partial charge in [-0.3, -0.25) is 0 Å². The van der Waals surface area contributed by atoms with Crippen molar-refractivity contribution in [2.24, 2.45) is 5.73 Å². The summed E-state index contributed by atoms with van der Waals surface area (Å²) in [5.74, 6) is 0. The average Bonchev–Trinajstić information content (AvgIpc) is 2.24. The summed E-state index contributed by atoms with van der Waals surface area (Å²) < 4.78 is 3.53. The molecule has 0 bridgehead atoms. The topological polar surface area (TPSA) is 41.1 Å². The van der Waals surface area contributed by atoms with Gasteiger partial charge < -0.3 is 11.1 Å². The number of unbranched alkanes of at least 4 members (excludes halogenated alkanes) is 1. The van der Waals surface area contributed by atoms with Gasteiger partial charge in [-0.05, 0) is 13.5 Å². The highest BCUT2D eigenvalue weighted by molar-refractivity contribution is 14.1. The van der Waals surface area contributed by atoms with E-state index in [9.17, 15) is 0 Å². The molecule has 0 spiro atoms. The number of likely N-dealkylation sites (N-methyl/N-ethyl adjacent to an activating group) is 1. The molecule has 0 aliphatic rings. The van der Waals surface area contributed by atoms with Crippen LogP contribution in [0.3, 0.4) is 0 Å². The quantitative estimate of drug-likeness (QED) is 0.290. The monoisotopic (exact) mass is 340 g/mol. The highest BCUT2D eigenvalue weighted by Crippen LogP contribution is 2.09. The second-order valence-electron chi connectivity index (χ2n) is 4.31. The fourth-order valence-electron chi connectivity index (χ4n) is 1.83. The Kier molecular flexibility index (Phi) is 10.7. The van der Waals surface area contributed by atoms with Gasteiger partial charge in [-0.1, -0.05) is 35.9 Å². The summed E-state index contributed by atoms with van der Waals surface area (Å²) in [6.07, 6.45) is 7.26. The minimum Gasteiger partial charge on any atom is -0.318 e. The van der Waals surface area contributed by atoms with Gasteiger partial charge in [0, 0.05) is 23.8 Å². The lowest BCUT2D eigenvalue weighted by Gasteiger charge is -2.13. The van der Waals surface area contributed by atoms with Gasteiger partial charge in [-0.15, -0.1) is 0 Å². The number of hydrogen-bond donors (Lipinski definition) is 2. The molecule has 4 heteroatoms. The van der Waals surface area contributed by atoms with Gasteiger partial charge in [-0.25, -0.2) is 4.58 Å². The van der Waals surface area contributed by atoms with E-state index in [2.05, 4.69) is 52.7 Å². The van der Waals surface area contributed by atoms with E-state index in [1.54, 1.807) is 0 Å². The van der Waals surface area contributed by atoms with Gasteiger partial charge in [-0.2, -0.15) is 0 Å². The van der Waals surface area contributed by atoms with Crippen molar-refractivity contribution in [1.29, 1.82) is 0 Å². The Bertz CT molecular complexity index is 195. The molecule has 0 aromatic rings. The summed E-state index contributed by atoms with van der Waals surface area (Å²) in [5, 5.41) is 3.10. The molecule has 3 nitrogen and oxygen atoms in total. The normalized spacial score (nSPS) is 16.2. The van der Waals surface area contributed by atoms with Gasteiger partial charge in [0.2, 0.25) is 0 Å². The number of hydrogen-bond acceptors (Lipinski definition) is 2. The molecule has 0 saturated carbocycles. The Hall–Kier alpha value is 0.320. The zero-order valence-electron chi connectivity index (χ0n) is 10.9. The van der Waals surface area contributed by atoms with E-state index in [1.165, 1.54) is 30.1 Å². The second kappa shape index (κ2) is 10.5. The number of halogens is 1. The largest absolute Gasteiger partial charge is 0.318 e. The van der Waals surface area contributed by atoms with Crippen LogP contribution in [0.15, 0.2) is 0 Å². The summed E-state index contributed by atoms with van der Waals surface area (Å²) in [5.41, 5.74) is 5.99. The molecule has 0 aromatic heterocycles. The zero-order chi connectivity index (χ0) is 12.4. The third-order valence-electron chi connectivity index (χ3n) is 2.78. The van der Waals surface area contributed by atoms with E-state index in [1.807, 2.05) is 7.05 Å². The molecule has 0 aliphatic carbocycles. The van der Waals surface area contributed by atoms with Crippen molar-refractivity contribution in [2.45, 2.75) is 44.7 Å². The Balaban J connectivity index is 4.27. The van der Waals surface area contributed by atoms with Crippen molar-refractivity contribution in [3.8, 4) is 0 Å². The van der Waals surface area contributed by atoms with Crippen LogP contribution in [0.5, 0.6) is 0 Å². The lowest BCUT2D eigenvalue weighted by atomic mass is 10.1. The summed E-state index contributed by atoms with van der Waals surface area (Å²) >= 11 is 2.45. The van der Waals surface area contributed by atoms with Crippen LogP contribution >= 0.6 is 22.6 Å². The smallest absolute Gasteiger partial charge is 0.157 e. The lowest BCUT2D eigenvalue weighted by molar-refractivity contribution is -0.536. The highest BCUT2D eigenvalue weighted by atomic mass is 127. The first kappa shape index (κ1) is 16.3. The van der Waals surface area contributed by atoms with Crippen molar-refractivity contribution in [3.63, 3.8) is 0 Å². The molecule has 0 rings (SSSR count). The summed E-state index contributed by atoms with van der Waals surface area (Å²) in [6, 6.07) is 0.771. The van der Waals surface area contributed by atoms with Crippen molar-refractivity contribution in [1.82, 2.24) is 5.32 Å². The molecule has 0 radical (unpaired) electrons. The van der Waals surface area contributed by atoms with Gasteiger partial charge in [0.05, 0.1) is 6.04 Å². The maximum atomic E-state index is 5.99. The molecule has 96 valence electrons. The Morgan fingerprint density at radius 3 is 2.62 bits per heavy atom. The van der Waals surface area contributed by atoms with Crippen LogP contribution in [0.4, 0.5) is 0 Å². The third kappa shape index (κ3) is 7.57. The van der Waals surface area contributed by atoms with Crippen LogP contribution < -0.4 is 11.1 Å². The Morgan fingerprint density at radius 1 is 1.44 bits per heavy atom. The van der Waals surface area contributed by atoms with Crippen molar-refractivity contribution < 1.29 is 4.58 Å². The van der Waals surface area contributed by atoms with E-state index in [0.717, 1.165) is 6.54 Å². The summed E-state index contributed by atoms with van der Waals surface area (Å²) in [4.78, 5) is 0. The minimum atomic E-state index is 0.119. The lowest BCUT2D eigenvalue weighted by Crippen LogP contribution is -2.38. The van der Waals surface area contributed by atoms with Gasteiger partial charge >= 0.3 is 0 Å². The second-order valence-corrected chi connectivity index (χ2v) is 5.39. The van der Waals surface area contributed by atoms with Crippen LogP contribution in [0, 0.1) is 0 Å². The van der Waals surface area contributed by atoms with Gasteiger partial charge in [0.25, 0.3) is 0 Å². The molecular formula is C12H27IN3+. The Labute approximate surface area is 114 Å². The maximum absolute atomic E-state index is 5.99. The van der Waals surface area contributed by atoms with Crippen LogP contribution in [-0.4, -0.2) is 47.9 Å². The van der Waals surface area contributed by atoms with Gasteiger partial charge in [0.15, 0.2) is 12.3 Å². The molecule has 0 amide bonds. The molecule has 0 aliphatic heterocycles. The SMILES string of the molecule is CCCCC(CCI)[N+](C)=C[C@@H](N)CNC. The zero-order valence-corrected chi connectivity index (χ0v) is 13.0. The van der Waals surface area contributed by atoms with Crippen LogP contribution in [0.2, 0.25) is 0 Å². The molecule has 2 atom stereocenters. The number of nitrogens with zero attached hydrogens (tertiary/aromatic N) is 1. The van der Waals surface area contributed by atoms with E-state index in [4.69, 9.17) is 5.73 Å². The fraction of sp³-hybridized carbons (Fsp3) is 0.917. The first-order valence-electron chi connectivity index (χ1n) is 6.18. The van der Waals surface area contributed by atoms with E-state index >= 15 is 0 Å². The molecule has 0 fully saturated rings. The van der Waals surface area contributed by atoms with Crippen LogP contribution in [0.25, 0.3) is 0 Å². The number of nitrogens with two attached hydrogens (primary N) is 1. The predicted octanol–water partition coefficient (Wildman–Crippen LogP) is 1.63. The average molecular weight is 340 g/mol. The maximum Gasteiger partial charge on any atom is 0.157 e. The predicted molar refractivity (Wildman–Crippen MR) is 81.0 cm³/mol. The van der Waals surface area contributed by atoms with E-state index < -0.39 is 0 Å². The van der Waals surface area contributed by atoms with Crippen LogP contribution in [-0.2, 0) is 0 Å². The van der Waals surface area contributed by atoms with E-state index in [0.29, 0.717) is 6.04 Å². The van der Waals surface area contributed by atoms with Crippen molar-refractivity contribution in [3.05, 3.63) is 0 Å².